The molecule has 3 fully saturated rings. The first-order valence-electron chi connectivity index (χ1n) is 12.4. The normalized spacial score (nSPS) is 25.4. The molecule has 0 radical (unpaired) electrons. The highest BCUT2D eigenvalue weighted by Gasteiger charge is 2.55. The van der Waals surface area contributed by atoms with Gasteiger partial charge < -0.3 is 15.3 Å². The van der Waals surface area contributed by atoms with Gasteiger partial charge in [0.1, 0.15) is 0 Å². The number of amides is 2. The molecule has 9 heteroatoms. The van der Waals surface area contributed by atoms with Crippen molar-refractivity contribution in [3.63, 3.8) is 0 Å². The summed E-state index contributed by atoms with van der Waals surface area (Å²) in [4.78, 5) is 31.9. The minimum Gasteiger partial charge on any atom is -0.387 e. The van der Waals surface area contributed by atoms with Crippen molar-refractivity contribution < 1.29 is 18.7 Å². The average molecular weight is 487 g/mol. The van der Waals surface area contributed by atoms with Gasteiger partial charge in [0.25, 0.3) is 5.56 Å². The molecular formula is C26H32F2N4O3. The molecule has 5 rings (SSSR count). The Hall–Kier alpha value is -2.81. The van der Waals surface area contributed by atoms with Gasteiger partial charge in [-0.1, -0.05) is 43.2 Å². The molecule has 1 aliphatic heterocycles. The fourth-order valence-corrected chi connectivity index (χ4v) is 6.14. The summed E-state index contributed by atoms with van der Waals surface area (Å²) in [5.74, 6) is -2.79. The molecule has 2 amide bonds. The van der Waals surface area contributed by atoms with E-state index in [-0.39, 0.29) is 43.4 Å². The van der Waals surface area contributed by atoms with Gasteiger partial charge in [0, 0.05) is 49.5 Å². The molecule has 2 saturated carbocycles. The summed E-state index contributed by atoms with van der Waals surface area (Å²) >= 11 is 0. The molecular weight excluding hydrogens is 454 g/mol. The minimum absolute atomic E-state index is 0.126. The van der Waals surface area contributed by atoms with Crippen LogP contribution in [-0.4, -0.2) is 56.7 Å². The van der Waals surface area contributed by atoms with Gasteiger partial charge in [-0.05, 0) is 25.2 Å². The Morgan fingerprint density at radius 1 is 1.14 bits per heavy atom. The number of aromatic nitrogens is 2. The van der Waals surface area contributed by atoms with Gasteiger partial charge >= 0.3 is 6.03 Å². The number of halogens is 2. The van der Waals surface area contributed by atoms with Crippen LogP contribution in [0.2, 0.25) is 0 Å². The standard InChI is InChI=1S/C26H32F2N4O3/c27-26(28)13-19(14-26)15-29-23(34)31-11-10-25(35,24(16-31)8-4-5-9-24)17-32-18-30-21(12-22(32)33)20-6-2-1-3-7-20/h1-3,6-7,12,18-19,35H,4-5,8-11,13-17H2,(H,29,34)/t25-/m1/s1. The molecule has 188 valence electrons. The summed E-state index contributed by atoms with van der Waals surface area (Å²) in [6, 6.07) is 10.7. The summed E-state index contributed by atoms with van der Waals surface area (Å²) in [5.41, 5.74) is -0.435. The number of alkyl halides is 2. The number of rotatable bonds is 5. The van der Waals surface area contributed by atoms with E-state index >= 15 is 0 Å². The number of likely N-dealkylation sites (tertiary alicyclic amines) is 1. The van der Waals surface area contributed by atoms with Crippen molar-refractivity contribution in [1.82, 2.24) is 19.8 Å². The van der Waals surface area contributed by atoms with E-state index in [1.165, 1.54) is 17.0 Å². The van der Waals surface area contributed by atoms with Gasteiger partial charge in [-0.25, -0.2) is 18.6 Å². The molecule has 3 aliphatic rings. The lowest BCUT2D eigenvalue weighted by molar-refractivity contribution is -0.135. The first kappa shape index (κ1) is 23.9. The summed E-state index contributed by atoms with van der Waals surface area (Å²) in [6.07, 6.45) is 4.93. The molecule has 35 heavy (non-hydrogen) atoms. The van der Waals surface area contributed by atoms with Crippen LogP contribution in [0.5, 0.6) is 0 Å². The van der Waals surface area contributed by atoms with E-state index in [2.05, 4.69) is 10.3 Å². The topological polar surface area (TPSA) is 87.5 Å². The molecule has 2 aromatic rings. The van der Waals surface area contributed by atoms with E-state index in [9.17, 15) is 23.5 Å². The predicted molar refractivity (Wildman–Crippen MR) is 127 cm³/mol. The number of hydrogen-bond acceptors (Lipinski definition) is 4. The lowest BCUT2D eigenvalue weighted by Crippen LogP contribution is -2.63. The first-order chi connectivity index (χ1) is 16.7. The zero-order chi connectivity index (χ0) is 24.7. The van der Waals surface area contributed by atoms with Crippen molar-refractivity contribution in [2.24, 2.45) is 11.3 Å². The van der Waals surface area contributed by atoms with Crippen LogP contribution < -0.4 is 10.9 Å². The predicted octanol–water partition coefficient (Wildman–Crippen LogP) is 3.66. The molecule has 7 nitrogen and oxygen atoms in total. The average Bonchev–Trinajstić information content (AvgIpc) is 3.30. The van der Waals surface area contributed by atoms with Gasteiger partial charge in [0.2, 0.25) is 5.92 Å². The number of hydrogen-bond donors (Lipinski definition) is 2. The van der Waals surface area contributed by atoms with Gasteiger partial charge in [0.15, 0.2) is 0 Å². The van der Waals surface area contributed by atoms with Crippen LogP contribution in [0.25, 0.3) is 11.3 Å². The third kappa shape index (κ3) is 4.70. The third-order valence-electron chi connectivity index (χ3n) is 8.22. The number of benzene rings is 1. The second-order valence-corrected chi connectivity index (χ2v) is 10.6. The number of aliphatic hydroxyl groups is 1. The zero-order valence-electron chi connectivity index (χ0n) is 19.8. The van der Waals surface area contributed by atoms with Crippen LogP contribution in [0.15, 0.2) is 47.5 Å². The van der Waals surface area contributed by atoms with Gasteiger partial charge in [-0.3, -0.25) is 9.36 Å². The van der Waals surface area contributed by atoms with Crippen molar-refractivity contribution in [3.05, 3.63) is 53.1 Å². The Balaban J connectivity index is 1.28. The van der Waals surface area contributed by atoms with Crippen molar-refractivity contribution in [2.75, 3.05) is 19.6 Å². The lowest BCUT2D eigenvalue weighted by atomic mass is 9.66. The molecule has 0 unspecified atom stereocenters. The maximum Gasteiger partial charge on any atom is 0.317 e. The van der Waals surface area contributed by atoms with E-state index in [1.54, 1.807) is 4.90 Å². The monoisotopic (exact) mass is 486 g/mol. The van der Waals surface area contributed by atoms with Crippen LogP contribution in [0.3, 0.4) is 0 Å². The highest BCUT2D eigenvalue weighted by atomic mass is 19.3. The maximum atomic E-state index is 13.1. The van der Waals surface area contributed by atoms with Crippen molar-refractivity contribution >= 4 is 6.03 Å². The molecule has 2 N–H and O–H groups in total. The minimum atomic E-state index is -2.60. The van der Waals surface area contributed by atoms with Gasteiger partial charge in [-0.2, -0.15) is 0 Å². The molecule has 1 saturated heterocycles. The largest absolute Gasteiger partial charge is 0.387 e. The second kappa shape index (κ2) is 9.00. The molecule has 1 aromatic heterocycles. The Morgan fingerprint density at radius 3 is 2.51 bits per heavy atom. The van der Waals surface area contributed by atoms with Crippen LogP contribution in [0, 0.1) is 11.3 Å². The Morgan fingerprint density at radius 2 is 1.86 bits per heavy atom. The molecule has 1 spiro atoms. The van der Waals surface area contributed by atoms with Gasteiger partial charge in [-0.15, -0.1) is 0 Å². The van der Waals surface area contributed by atoms with Crippen LogP contribution in [0.1, 0.15) is 44.9 Å². The highest BCUT2D eigenvalue weighted by molar-refractivity contribution is 5.74. The van der Waals surface area contributed by atoms with E-state index in [0.29, 0.717) is 25.2 Å². The van der Waals surface area contributed by atoms with Crippen LogP contribution in [-0.2, 0) is 6.54 Å². The quantitative estimate of drug-likeness (QED) is 0.675. The zero-order valence-corrected chi connectivity index (χ0v) is 19.8. The summed E-state index contributed by atoms with van der Waals surface area (Å²) in [5, 5.41) is 14.7. The van der Waals surface area contributed by atoms with Gasteiger partial charge in [0.05, 0.1) is 24.2 Å². The van der Waals surface area contributed by atoms with E-state index in [0.717, 1.165) is 31.2 Å². The van der Waals surface area contributed by atoms with Crippen molar-refractivity contribution in [1.29, 1.82) is 0 Å². The Bertz CT molecular complexity index is 1120. The highest BCUT2D eigenvalue weighted by Crippen LogP contribution is 2.51. The summed E-state index contributed by atoms with van der Waals surface area (Å²) in [7, 11) is 0. The Kier molecular flexibility index (Phi) is 6.15. The first-order valence-corrected chi connectivity index (χ1v) is 12.4. The fraction of sp³-hybridized carbons (Fsp3) is 0.577. The Labute approximate surface area is 203 Å². The molecule has 1 aromatic carbocycles. The number of carbonyl (C=O) groups excluding carboxylic acids is 1. The second-order valence-electron chi connectivity index (χ2n) is 10.6. The van der Waals surface area contributed by atoms with Crippen LogP contribution in [0.4, 0.5) is 13.6 Å². The number of carbonyl (C=O) groups is 1. The number of nitrogens with one attached hydrogen (secondary N) is 1. The number of piperidine rings is 1. The van der Waals surface area contributed by atoms with Crippen LogP contribution >= 0.6 is 0 Å². The smallest absolute Gasteiger partial charge is 0.317 e. The van der Waals surface area contributed by atoms with E-state index in [4.69, 9.17) is 0 Å². The van der Waals surface area contributed by atoms with E-state index in [1.807, 2.05) is 30.3 Å². The third-order valence-corrected chi connectivity index (χ3v) is 8.22. The number of nitrogens with zero attached hydrogens (tertiary/aromatic N) is 3. The van der Waals surface area contributed by atoms with Crippen molar-refractivity contribution in [2.45, 2.75) is 63.0 Å². The molecule has 1 atom stereocenters. The molecule has 0 bridgehead atoms. The molecule has 2 heterocycles. The molecule has 2 aliphatic carbocycles. The van der Waals surface area contributed by atoms with Crippen molar-refractivity contribution in [3.8, 4) is 11.3 Å². The fourth-order valence-electron chi connectivity index (χ4n) is 6.14. The summed E-state index contributed by atoms with van der Waals surface area (Å²) < 4.78 is 27.6. The lowest BCUT2D eigenvalue weighted by Gasteiger charge is -2.52. The van der Waals surface area contributed by atoms with E-state index < -0.39 is 16.9 Å². The number of urea groups is 1. The maximum absolute atomic E-state index is 13.1. The summed E-state index contributed by atoms with van der Waals surface area (Å²) in [6.45, 7) is 1.10. The SMILES string of the molecule is O=C(NCC1CC(F)(F)C1)N1CC[C@@](O)(Cn2cnc(-c3ccccc3)cc2=O)C2(CCCC2)C1.